The lowest BCUT2D eigenvalue weighted by Crippen LogP contribution is -2.29. The van der Waals surface area contributed by atoms with E-state index in [9.17, 15) is 0 Å². The summed E-state index contributed by atoms with van der Waals surface area (Å²) in [5, 5.41) is 4.50. The Kier molecular flexibility index (Phi) is 4.03. The predicted octanol–water partition coefficient (Wildman–Crippen LogP) is 2.35. The number of para-hydroxylation sites is 1. The minimum absolute atomic E-state index is 0.0852. The fourth-order valence-corrected chi connectivity index (χ4v) is 2.24. The average molecular weight is 242 g/mol. The largest absolute Gasteiger partial charge is 0.461 e. The monoisotopic (exact) mass is 242 g/mol. The number of hydrogen-bond acceptors (Lipinski definition) is 3. The van der Waals surface area contributed by atoms with Crippen molar-refractivity contribution in [2.75, 3.05) is 13.1 Å². The van der Waals surface area contributed by atoms with Gasteiger partial charge in [0.1, 0.15) is 11.3 Å². The zero-order valence-corrected chi connectivity index (χ0v) is 10.6. The van der Waals surface area contributed by atoms with E-state index in [0.717, 1.165) is 28.8 Å². The maximum Gasteiger partial charge on any atom is 0.134 e. The van der Waals surface area contributed by atoms with Crippen LogP contribution in [0.1, 0.15) is 23.8 Å². The quantitative estimate of drug-likeness (QED) is 0.625. The van der Waals surface area contributed by atoms with Crippen molar-refractivity contribution >= 4 is 11.0 Å². The molecule has 0 bridgehead atoms. The molecular formula is C15H18N2O. The van der Waals surface area contributed by atoms with Crippen LogP contribution in [0, 0.1) is 19.3 Å². The van der Waals surface area contributed by atoms with Crippen molar-refractivity contribution in [1.29, 1.82) is 0 Å². The van der Waals surface area contributed by atoms with Crippen LogP contribution in [0.15, 0.2) is 28.7 Å². The molecule has 2 aromatic rings. The number of terminal acetylenes is 1. The van der Waals surface area contributed by atoms with Crippen LogP contribution >= 0.6 is 0 Å². The Bertz CT molecular complexity index is 565. The number of nitrogens with two attached hydrogens (primary N) is 1. The summed E-state index contributed by atoms with van der Waals surface area (Å²) >= 11 is 0. The smallest absolute Gasteiger partial charge is 0.134 e. The van der Waals surface area contributed by atoms with Gasteiger partial charge in [-0.3, -0.25) is 0 Å². The first-order chi connectivity index (χ1) is 8.77. The number of furan rings is 1. The van der Waals surface area contributed by atoms with Gasteiger partial charge in [0.05, 0.1) is 0 Å². The van der Waals surface area contributed by atoms with E-state index in [0.29, 0.717) is 13.0 Å². The van der Waals surface area contributed by atoms with Gasteiger partial charge < -0.3 is 15.5 Å². The number of benzene rings is 1. The second kappa shape index (κ2) is 5.72. The summed E-state index contributed by atoms with van der Waals surface area (Å²) in [6.07, 6.45) is 5.96. The Morgan fingerprint density at radius 3 is 2.94 bits per heavy atom. The molecule has 3 nitrogen and oxygen atoms in total. The molecule has 2 rings (SSSR count). The van der Waals surface area contributed by atoms with Gasteiger partial charge in [-0.25, -0.2) is 0 Å². The van der Waals surface area contributed by atoms with Crippen molar-refractivity contribution in [1.82, 2.24) is 5.32 Å². The summed E-state index contributed by atoms with van der Waals surface area (Å²) in [5.74, 6) is 3.53. The van der Waals surface area contributed by atoms with Crippen LogP contribution in [0.2, 0.25) is 0 Å². The summed E-state index contributed by atoms with van der Waals surface area (Å²) in [6.45, 7) is 3.26. The summed E-state index contributed by atoms with van der Waals surface area (Å²) in [5.41, 5.74) is 7.90. The first kappa shape index (κ1) is 12.7. The third-order valence-corrected chi connectivity index (χ3v) is 3.06. The predicted molar refractivity (Wildman–Crippen MR) is 74.2 cm³/mol. The Hall–Kier alpha value is -1.76. The number of nitrogens with one attached hydrogen (secondary N) is 1. The lowest BCUT2D eigenvalue weighted by molar-refractivity contribution is 0.520. The maximum atomic E-state index is 5.85. The van der Waals surface area contributed by atoms with Crippen molar-refractivity contribution < 1.29 is 4.42 Å². The molecular weight excluding hydrogens is 224 g/mol. The van der Waals surface area contributed by atoms with Crippen LogP contribution in [0.4, 0.5) is 0 Å². The van der Waals surface area contributed by atoms with Gasteiger partial charge in [-0.05, 0) is 13.0 Å². The Morgan fingerprint density at radius 2 is 2.22 bits per heavy atom. The highest BCUT2D eigenvalue weighted by Crippen LogP contribution is 2.29. The minimum Gasteiger partial charge on any atom is -0.461 e. The number of aryl methyl sites for hydroxylation is 1. The summed E-state index contributed by atoms with van der Waals surface area (Å²) in [6, 6.07) is 8.10. The van der Waals surface area contributed by atoms with Gasteiger partial charge in [-0.15, -0.1) is 12.3 Å². The molecule has 3 N–H and O–H groups in total. The second-order valence-corrected chi connectivity index (χ2v) is 4.26. The molecule has 1 heterocycles. The zero-order chi connectivity index (χ0) is 13.0. The van der Waals surface area contributed by atoms with E-state index >= 15 is 0 Å². The number of rotatable bonds is 5. The van der Waals surface area contributed by atoms with Crippen molar-refractivity contribution in [3.05, 3.63) is 35.6 Å². The number of fused-ring (bicyclic) bond motifs is 1. The molecule has 0 aliphatic heterocycles. The first-order valence-electron chi connectivity index (χ1n) is 6.13. The van der Waals surface area contributed by atoms with Gasteiger partial charge in [-0.1, -0.05) is 18.2 Å². The van der Waals surface area contributed by atoms with E-state index in [1.54, 1.807) is 0 Å². The standard InChI is InChI=1S/C15H18N2O/c1-3-4-9-17-13(10-16)15-11(2)18-14-8-6-5-7-12(14)15/h1,5-8,13,17H,4,9-10,16H2,2H3. The van der Waals surface area contributed by atoms with Gasteiger partial charge in [-0.2, -0.15) is 0 Å². The molecule has 0 spiro atoms. The molecule has 0 saturated carbocycles. The Labute approximate surface area is 107 Å². The van der Waals surface area contributed by atoms with Gasteiger partial charge in [0.2, 0.25) is 0 Å². The lowest BCUT2D eigenvalue weighted by atomic mass is 10.0. The topological polar surface area (TPSA) is 51.2 Å². The van der Waals surface area contributed by atoms with Crippen molar-refractivity contribution in [2.24, 2.45) is 5.73 Å². The van der Waals surface area contributed by atoms with Crippen LogP contribution in [-0.4, -0.2) is 13.1 Å². The highest BCUT2D eigenvalue weighted by atomic mass is 16.3. The van der Waals surface area contributed by atoms with Gasteiger partial charge in [0, 0.05) is 36.5 Å². The molecule has 1 unspecified atom stereocenters. The van der Waals surface area contributed by atoms with Gasteiger partial charge in [0.15, 0.2) is 0 Å². The SMILES string of the molecule is C#CCCNC(CN)c1c(C)oc2ccccc12. The number of hydrogen-bond donors (Lipinski definition) is 2. The molecule has 1 aromatic heterocycles. The maximum absolute atomic E-state index is 5.85. The van der Waals surface area contributed by atoms with Crippen LogP contribution in [0.25, 0.3) is 11.0 Å². The average Bonchev–Trinajstić information content (AvgIpc) is 2.71. The van der Waals surface area contributed by atoms with E-state index in [1.165, 1.54) is 0 Å². The molecule has 94 valence electrons. The van der Waals surface area contributed by atoms with Gasteiger partial charge in [0.25, 0.3) is 0 Å². The highest BCUT2D eigenvalue weighted by molar-refractivity contribution is 5.82. The summed E-state index contributed by atoms with van der Waals surface area (Å²) in [7, 11) is 0. The third kappa shape index (κ3) is 2.40. The van der Waals surface area contributed by atoms with E-state index in [-0.39, 0.29) is 6.04 Å². The molecule has 0 saturated heterocycles. The molecule has 0 aliphatic carbocycles. The summed E-state index contributed by atoms with van der Waals surface area (Å²) < 4.78 is 5.75. The summed E-state index contributed by atoms with van der Waals surface area (Å²) in [4.78, 5) is 0. The first-order valence-corrected chi connectivity index (χ1v) is 6.13. The second-order valence-electron chi connectivity index (χ2n) is 4.26. The van der Waals surface area contributed by atoms with Crippen molar-refractivity contribution in [2.45, 2.75) is 19.4 Å². The zero-order valence-electron chi connectivity index (χ0n) is 10.6. The highest BCUT2D eigenvalue weighted by Gasteiger charge is 2.18. The fourth-order valence-electron chi connectivity index (χ4n) is 2.24. The van der Waals surface area contributed by atoms with Crippen LogP contribution in [0.5, 0.6) is 0 Å². The molecule has 3 heteroatoms. The molecule has 0 fully saturated rings. The Balaban J connectivity index is 2.32. The molecule has 0 amide bonds. The third-order valence-electron chi connectivity index (χ3n) is 3.06. The van der Waals surface area contributed by atoms with E-state index in [1.807, 2.05) is 25.1 Å². The fraction of sp³-hybridized carbons (Fsp3) is 0.333. The lowest BCUT2D eigenvalue weighted by Gasteiger charge is -2.16. The van der Waals surface area contributed by atoms with Crippen molar-refractivity contribution in [3.8, 4) is 12.3 Å². The van der Waals surface area contributed by atoms with Gasteiger partial charge >= 0.3 is 0 Å². The van der Waals surface area contributed by atoms with Crippen LogP contribution < -0.4 is 11.1 Å². The van der Waals surface area contributed by atoms with Crippen molar-refractivity contribution in [3.63, 3.8) is 0 Å². The molecule has 1 atom stereocenters. The van der Waals surface area contributed by atoms with Crippen LogP contribution in [-0.2, 0) is 0 Å². The Morgan fingerprint density at radius 1 is 1.44 bits per heavy atom. The normalized spacial score (nSPS) is 12.5. The van der Waals surface area contributed by atoms with E-state index < -0.39 is 0 Å². The van der Waals surface area contributed by atoms with E-state index in [4.69, 9.17) is 16.6 Å². The molecule has 18 heavy (non-hydrogen) atoms. The molecule has 1 aromatic carbocycles. The molecule has 0 radical (unpaired) electrons. The minimum atomic E-state index is 0.0852. The molecule has 0 aliphatic rings. The van der Waals surface area contributed by atoms with Crippen LogP contribution in [0.3, 0.4) is 0 Å². The van der Waals surface area contributed by atoms with E-state index in [2.05, 4.69) is 17.3 Å².